The second-order valence-electron chi connectivity index (χ2n) is 5.50. The lowest BCUT2D eigenvalue weighted by Gasteiger charge is -2.08. The van der Waals surface area contributed by atoms with Gasteiger partial charge in [0, 0.05) is 21.6 Å². The molecule has 4 rings (SSSR count). The number of benzene rings is 3. The Balaban J connectivity index is 2.01. The molecule has 0 unspecified atom stereocenters. The molecule has 0 radical (unpaired) electrons. The topological polar surface area (TPSA) is 30.9 Å². The maximum Gasteiger partial charge on any atom is 0.0686 e. The molecule has 0 fully saturated rings. The highest BCUT2D eigenvalue weighted by atomic mass is 79.9. The van der Waals surface area contributed by atoms with Crippen LogP contribution in [-0.4, -0.2) is 4.57 Å². The highest BCUT2D eigenvalue weighted by Gasteiger charge is 2.12. The zero-order chi connectivity index (χ0) is 15.8. The molecule has 3 aromatic carbocycles. The predicted molar refractivity (Wildman–Crippen MR) is 101 cm³/mol. The lowest BCUT2D eigenvalue weighted by Crippen LogP contribution is -1.97. The lowest BCUT2D eigenvalue weighted by atomic mass is 10.1. The van der Waals surface area contributed by atoms with Crippen LogP contribution in [0.4, 0.5) is 5.69 Å². The maximum absolute atomic E-state index is 6.18. The molecule has 112 valence electrons. The number of para-hydroxylation sites is 3. The Bertz CT molecular complexity index is 984. The van der Waals surface area contributed by atoms with Crippen molar-refractivity contribution in [2.75, 3.05) is 5.73 Å². The number of nitrogens with zero attached hydrogens (tertiary/aromatic N) is 1. The average molecular weight is 363 g/mol. The van der Waals surface area contributed by atoms with Gasteiger partial charge in [-0.3, -0.25) is 0 Å². The second kappa shape index (κ2) is 5.60. The molecule has 2 nitrogen and oxygen atoms in total. The molecule has 0 amide bonds. The number of aromatic nitrogens is 1. The summed E-state index contributed by atoms with van der Waals surface area (Å²) in [4.78, 5) is 0. The zero-order valence-corrected chi connectivity index (χ0v) is 14.0. The second-order valence-corrected chi connectivity index (χ2v) is 6.41. The molecule has 23 heavy (non-hydrogen) atoms. The number of anilines is 1. The van der Waals surface area contributed by atoms with E-state index in [1.165, 1.54) is 16.5 Å². The first-order valence-electron chi connectivity index (χ1n) is 7.45. The third-order valence-electron chi connectivity index (χ3n) is 4.06. The van der Waals surface area contributed by atoms with Crippen molar-refractivity contribution in [3.8, 4) is 16.8 Å². The quantitative estimate of drug-likeness (QED) is 0.459. The average Bonchev–Trinajstić information content (AvgIpc) is 2.96. The summed E-state index contributed by atoms with van der Waals surface area (Å²) in [7, 11) is 0. The minimum atomic E-state index is 0.774. The third kappa shape index (κ3) is 2.43. The predicted octanol–water partition coefficient (Wildman–Crippen LogP) is 5.64. The van der Waals surface area contributed by atoms with Gasteiger partial charge in [0.2, 0.25) is 0 Å². The Kier molecular flexibility index (Phi) is 3.43. The first kappa shape index (κ1) is 14.1. The molecule has 4 aromatic rings. The van der Waals surface area contributed by atoms with Crippen LogP contribution in [0.15, 0.2) is 83.5 Å². The van der Waals surface area contributed by atoms with E-state index in [4.69, 9.17) is 5.73 Å². The molecule has 0 atom stereocenters. The van der Waals surface area contributed by atoms with Crippen LogP contribution in [0.1, 0.15) is 0 Å². The van der Waals surface area contributed by atoms with Crippen LogP contribution in [0.2, 0.25) is 0 Å². The Labute approximate surface area is 143 Å². The normalized spacial score (nSPS) is 11.0. The van der Waals surface area contributed by atoms with Gasteiger partial charge in [0.15, 0.2) is 0 Å². The van der Waals surface area contributed by atoms with Crippen molar-refractivity contribution in [3.05, 3.63) is 83.5 Å². The molecule has 0 saturated heterocycles. The van der Waals surface area contributed by atoms with Crippen molar-refractivity contribution in [1.29, 1.82) is 0 Å². The number of fused-ring (bicyclic) bond motifs is 1. The van der Waals surface area contributed by atoms with E-state index in [0.29, 0.717) is 0 Å². The molecule has 0 saturated carbocycles. The number of halogens is 1. The van der Waals surface area contributed by atoms with Gasteiger partial charge in [-0.05, 0) is 35.9 Å². The van der Waals surface area contributed by atoms with Gasteiger partial charge in [0.25, 0.3) is 0 Å². The fourth-order valence-electron chi connectivity index (χ4n) is 2.95. The van der Waals surface area contributed by atoms with Gasteiger partial charge >= 0.3 is 0 Å². The van der Waals surface area contributed by atoms with E-state index in [9.17, 15) is 0 Å². The molecule has 0 spiro atoms. The molecule has 0 bridgehead atoms. The lowest BCUT2D eigenvalue weighted by molar-refractivity contribution is 1.13. The number of nitrogen functional groups attached to an aromatic ring is 1. The highest BCUT2D eigenvalue weighted by Crippen LogP contribution is 2.34. The van der Waals surface area contributed by atoms with E-state index >= 15 is 0 Å². The largest absolute Gasteiger partial charge is 0.397 e. The highest BCUT2D eigenvalue weighted by molar-refractivity contribution is 9.10. The summed E-state index contributed by atoms with van der Waals surface area (Å²) in [5.41, 5.74) is 11.5. The summed E-state index contributed by atoms with van der Waals surface area (Å²) < 4.78 is 3.25. The third-order valence-corrected chi connectivity index (χ3v) is 4.59. The molecule has 0 aliphatic rings. The van der Waals surface area contributed by atoms with Crippen LogP contribution in [0.25, 0.3) is 27.7 Å². The van der Waals surface area contributed by atoms with E-state index < -0.39 is 0 Å². The van der Waals surface area contributed by atoms with Gasteiger partial charge in [-0.1, -0.05) is 58.4 Å². The van der Waals surface area contributed by atoms with Gasteiger partial charge in [0.1, 0.15) is 0 Å². The molecular weight excluding hydrogens is 348 g/mol. The zero-order valence-electron chi connectivity index (χ0n) is 12.4. The van der Waals surface area contributed by atoms with Crippen LogP contribution in [0.3, 0.4) is 0 Å². The van der Waals surface area contributed by atoms with E-state index in [-0.39, 0.29) is 0 Å². The fourth-order valence-corrected chi connectivity index (χ4v) is 3.21. The molecule has 0 aliphatic carbocycles. The van der Waals surface area contributed by atoms with Crippen molar-refractivity contribution in [1.82, 2.24) is 4.57 Å². The van der Waals surface area contributed by atoms with Crippen LogP contribution < -0.4 is 5.73 Å². The SMILES string of the molecule is Nc1ccccc1-n1cc(-c2ccc(Br)cc2)c2ccccc21. The molecule has 1 aromatic heterocycles. The summed E-state index contributed by atoms with van der Waals surface area (Å²) in [5, 5.41) is 1.22. The van der Waals surface area contributed by atoms with Gasteiger partial charge < -0.3 is 10.3 Å². The van der Waals surface area contributed by atoms with Crippen molar-refractivity contribution in [2.45, 2.75) is 0 Å². The molecule has 0 aliphatic heterocycles. The summed E-state index contributed by atoms with van der Waals surface area (Å²) in [6, 6.07) is 24.8. The molecule has 2 N–H and O–H groups in total. The minimum Gasteiger partial charge on any atom is -0.397 e. The van der Waals surface area contributed by atoms with Crippen molar-refractivity contribution in [3.63, 3.8) is 0 Å². The molecular formula is C20H15BrN2. The van der Waals surface area contributed by atoms with E-state index in [0.717, 1.165) is 21.4 Å². The van der Waals surface area contributed by atoms with Gasteiger partial charge in [-0.2, -0.15) is 0 Å². The van der Waals surface area contributed by atoms with Crippen LogP contribution in [0, 0.1) is 0 Å². The monoisotopic (exact) mass is 362 g/mol. The summed E-state index contributed by atoms with van der Waals surface area (Å²) in [6.07, 6.45) is 2.17. The fraction of sp³-hybridized carbons (Fsp3) is 0. The molecule has 3 heteroatoms. The van der Waals surface area contributed by atoms with Gasteiger partial charge in [-0.25, -0.2) is 0 Å². The molecule has 1 heterocycles. The summed E-state index contributed by atoms with van der Waals surface area (Å²) >= 11 is 3.50. The number of hydrogen-bond acceptors (Lipinski definition) is 1. The van der Waals surface area contributed by atoms with Crippen molar-refractivity contribution < 1.29 is 0 Å². The van der Waals surface area contributed by atoms with Crippen LogP contribution in [0.5, 0.6) is 0 Å². The van der Waals surface area contributed by atoms with Crippen molar-refractivity contribution in [2.24, 2.45) is 0 Å². The Morgan fingerprint density at radius 3 is 2.26 bits per heavy atom. The Morgan fingerprint density at radius 1 is 0.783 bits per heavy atom. The minimum absolute atomic E-state index is 0.774. The van der Waals surface area contributed by atoms with E-state index in [1.807, 2.05) is 24.3 Å². The maximum atomic E-state index is 6.18. The number of nitrogens with two attached hydrogens (primary N) is 1. The summed E-state index contributed by atoms with van der Waals surface area (Å²) in [6.45, 7) is 0. The first-order valence-corrected chi connectivity index (χ1v) is 8.24. The van der Waals surface area contributed by atoms with E-state index in [2.05, 4.69) is 75.2 Å². The Morgan fingerprint density at radius 2 is 1.48 bits per heavy atom. The van der Waals surface area contributed by atoms with Gasteiger partial charge in [-0.15, -0.1) is 0 Å². The van der Waals surface area contributed by atoms with E-state index in [1.54, 1.807) is 0 Å². The first-order chi connectivity index (χ1) is 11.2. The smallest absolute Gasteiger partial charge is 0.0686 e. The number of hydrogen-bond donors (Lipinski definition) is 1. The summed E-state index contributed by atoms with van der Waals surface area (Å²) in [5.74, 6) is 0. The van der Waals surface area contributed by atoms with Crippen molar-refractivity contribution >= 4 is 32.5 Å². The number of rotatable bonds is 2. The van der Waals surface area contributed by atoms with Gasteiger partial charge in [0.05, 0.1) is 16.9 Å². The standard InChI is InChI=1S/C20H15BrN2/c21-15-11-9-14(10-12-15)17-13-23(19-7-3-1-5-16(17)19)20-8-4-2-6-18(20)22/h1-13H,22H2. The Hall–Kier alpha value is -2.52. The van der Waals surface area contributed by atoms with Crippen LogP contribution >= 0.6 is 15.9 Å². The van der Waals surface area contributed by atoms with Crippen LogP contribution in [-0.2, 0) is 0 Å².